The summed E-state index contributed by atoms with van der Waals surface area (Å²) >= 11 is 0. The summed E-state index contributed by atoms with van der Waals surface area (Å²) < 4.78 is 21.2. The van der Waals surface area contributed by atoms with E-state index < -0.39 is 23.7 Å². The van der Waals surface area contributed by atoms with Crippen LogP contribution >= 0.6 is 0 Å². The maximum atomic E-state index is 15.1. The molecule has 4 atom stereocenters. The van der Waals surface area contributed by atoms with Crippen LogP contribution in [0.4, 0.5) is 4.39 Å². The lowest BCUT2D eigenvalue weighted by Gasteiger charge is -2.39. The van der Waals surface area contributed by atoms with E-state index in [-0.39, 0.29) is 11.5 Å². The van der Waals surface area contributed by atoms with Gasteiger partial charge in [-0.3, -0.25) is 4.79 Å². The smallest absolute Gasteiger partial charge is 0.326 e. The molecule has 5 nitrogen and oxygen atoms in total. The first kappa shape index (κ1) is 23.6. The fourth-order valence-electron chi connectivity index (χ4n) is 6.94. The molecule has 1 N–H and O–H groups in total. The van der Waals surface area contributed by atoms with Gasteiger partial charge in [0.2, 0.25) is 0 Å². The van der Waals surface area contributed by atoms with Crippen LogP contribution in [-0.2, 0) is 4.79 Å². The number of ether oxygens (including phenoxy) is 1. The van der Waals surface area contributed by atoms with Crippen molar-refractivity contribution in [2.24, 2.45) is 23.7 Å². The van der Waals surface area contributed by atoms with Crippen LogP contribution in [0.5, 0.6) is 5.75 Å². The van der Waals surface area contributed by atoms with Crippen molar-refractivity contribution in [2.45, 2.75) is 89.5 Å². The Morgan fingerprint density at radius 1 is 1.09 bits per heavy atom. The van der Waals surface area contributed by atoms with Crippen LogP contribution in [0.15, 0.2) is 12.1 Å². The summed E-state index contributed by atoms with van der Waals surface area (Å²) in [6.07, 6.45) is 13.2. The molecule has 3 aliphatic carbocycles. The van der Waals surface area contributed by atoms with E-state index in [0.29, 0.717) is 31.2 Å². The number of fused-ring (bicyclic) bond motifs is 2. The zero-order chi connectivity index (χ0) is 23.8. The Balaban J connectivity index is 1.23. The Kier molecular flexibility index (Phi) is 6.85. The second-order valence-electron chi connectivity index (χ2n) is 11.4. The number of hydrogen-bond acceptors (Lipinski definition) is 3. The summed E-state index contributed by atoms with van der Waals surface area (Å²) in [5, 5.41) is 9.57. The monoisotopic (exact) mass is 471 g/mol. The summed E-state index contributed by atoms with van der Waals surface area (Å²) in [4.78, 5) is 26.1. The first-order valence-electron chi connectivity index (χ1n) is 13.4. The van der Waals surface area contributed by atoms with E-state index in [2.05, 4.69) is 0 Å². The van der Waals surface area contributed by atoms with Crippen molar-refractivity contribution in [3.05, 3.63) is 29.1 Å². The quantitative estimate of drug-likeness (QED) is 0.471. The van der Waals surface area contributed by atoms with Gasteiger partial charge in [0.1, 0.15) is 17.6 Å². The SMILES string of the molecule is C[C@H]1CCN(C(=O)c2cc(C3CC3)c(OCCCC3CC4CCCC(C3)C4)cc2F)[C@@H]1C(=O)O. The van der Waals surface area contributed by atoms with Gasteiger partial charge in [-0.1, -0.05) is 26.2 Å². The molecule has 34 heavy (non-hydrogen) atoms. The highest BCUT2D eigenvalue weighted by atomic mass is 19.1. The third-order valence-electron chi connectivity index (χ3n) is 8.80. The van der Waals surface area contributed by atoms with Gasteiger partial charge in [-0.05, 0) is 92.6 Å². The van der Waals surface area contributed by atoms with Crippen LogP contribution < -0.4 is 4.74 Å². The summed E-state index contributed by atoms with van der Waals surface area (Å²) in [6.45, 7) is 2.74. The molecule has 0 spiro atoms. The maximum absolute atomic E-state index is 15.1. The number of carbonyl (C=O) groups is 2. The first-order valence-corrected chi connectivity index (χ1v) is 13.4. The molecule has 1 aromatic carbocycles. The van der Waals surface area contributed by atoms with Gasteiger partial charge in [0.05, 0.1) is 12.2 Å². The number of carboxylic acid groups (broad SMARTS) is 1. The Morgan fingerprint density at radius 2 is 1.82 bits per heavy atom. The fraction of sp³-hybridized carbons (Fsp3) is 0.714. The molecule has 1 saturated heterocycles. The molecule has 4 aliphatic rings. The van der Waals surface area contributed by atoms with Crippen molar-refractivity contribution in [3.63, 3.8) is 0 Å². The number of benzene rings is 1. The normalized spacial score (nSPS) is 30.9. The lowest BCUT2D eigenvalue weighted by molar-refractivity contribution is -0.142. The molecule has 2 bridgehead atoms. The van der Waals surface area contributed by atoms with E-state index in [4.69, 9.17) is 4.74 Å². The number of hydrogen-bond donors (Lipinski definition) is 1. The van der Waals surface area contributed by atoms with Crippen LogP contribution in [0.25, 0.3) is 0 Å². The first-order chi connectivity index (χ1) is 16.4. The molecule has 4 fully saturated rings. The molecular formula is C28H38FNO4. The van der Waals surface area contributed by atoms with Gasteiger partial charge in [-0.25, -0.2) is 9.18 Å². The number of carbonyl (C=O) groups excluding carboxylic acids is 1. The topological polar surface area (TPSA) is 66.8 Å². The number of amides is 1. The van der Waals surface area contributed by atoms with Gasteiger partial charge >= 0.3 is 5.97 Å². The number of rotatable bonds is 8. The Morgan fingerprint density at radius 3 is 2.50 bits per heavy atom. The van der Waals surface area contributed by atoms with Crippen LogP contribution in [0.2, 0.25) is 0 Å². The Hall–Kier alpha value is -2.11. The summed E-state index contributed by atoms with van der Waals surface area (Å²) in [7, 11) is 0. The van der Waals surface area contributed by atoms with Gasteiger partial charge in [0.25, 0.3) is 5.91 Å². The third kappa shape index (κ3) is 4.96. The van der Waals surface area contributed by atoms with E-state index in [0.717, 1.165) is 42.6 Å². The molecule has 3 saturated carbocycles. The van der Waals surface area contributed by atoms with Crippen molar-refractivity contribution in [2.75, 3.05) is 13.2 Å². The largest absolute Gasteiger partial charge is 0.493 e. The van der Waals surface area contributed by atoms with Crippen molar-refractivity contribution in [1.82, 2.24) is 4.90 Å². The number of nitrogens with zero attached hydrogens (tertiary/aromatic N) is 1. The minimum Gasteiger partial charge on any atom is -0.493 e. The van der Waals surface area contributed by atoms with Crippen LogP contribution in [0, 0.1) is 29.5 Å². The minimum atomic E-state index is -1.03. The third-order valence-corrected chi connectivity index (χ3v) is 8.80. The van der Waals surface area contributed by atoms with Gasteiger partial charge < -0.3 is 14.7 Å². The molecule has 5 rings (SSSR count). The molecule has 2 unspecified atom stereocenters. The van der Waals surface area contributed by atoms with Crippen LogP contribution in [0.1, 0.15) is 99.4 Å². The number of likely N-dealkylation sites (tertiary alicyclic amines) is 1. The lowest BCUT2D eigenvalue weighted by Crippen LogP contribution is -2.43. The van der Waals surface area contributed by atoms with Crippen molar-refractivity contribution in [3.8, 4) is 5.75 Å². The maximum Gasteiger partial charge on any atom is 0.326 e. The van der Waals surface area contributed by atoms with Crippen LogP contribution in [-0.4, -0.2) is 41.1 Å². The predicted molar refractivity (Wildman–Crippen MR) is 128 cm³/mol. The molecule has 1 aliphatic heterocycles. The molecule has 6 heteroatoms. The second kappa shape index (κ2) is 9.87. The van der Waals surface area contributed by atoms with Gasteiger partial charge in [0, 0.05) is 12.6 Å². The highest BCUT2D eigenvalue weighted by Crippen LogP contribution is 2.46. The summed E-state index contributed by atoms with van der Waals surface area (Å²) in [5.74, 6) is 1.21. The molecule has 0 radical (unpaired) electrons. The number of carboxylic acids is 1. The van der Waals surface area contributed by atoms with E-state index in [1.165, 1.54) is 55.9 Å². The Bertz CT molecular complexity index is 917. The standard InChI is InChI=1S/C28H38FNO4/c1-17-9-10-30(26(17)28(32)33)27(31)23-15-22(21-7-8-21)25(16-24(23)29)34-11-3-6-20-13-18-4-2-5-19(12-18)14-20/h15-21,26H,2-14H2,1H3,(H,32,33)/t17-,18?,19?,20?,26-/m0/s1. The van der Waals surface area contributed by atoms with E-state index >= 15 is 4.39 Å². The average molecular weight is 472 g/mol. The zero-order valence-corrected chi connectivity index (χ0v) is 20.3. The molecule has 1 heterocycles. The summed E-state index contributed by atoms with van der Waals surface area (Å²) in [5.41, 5.74) is 0.874. The van der Waals surface area contributed by atoms with Gasteiger partial charge in [-0.2, -0.15) is 0 Å². The van der Waals surface area contributed by atoms with Crippen molar-refractivity contribution in [1.29, 1.82) is 0 Å². The summed E-state index contributed by atoms with van der Waals surface area (Å²) in [6, 6.07) is 2.10. The molecule has 0 aromatic heterocycles. The minimum absolute atomic E-state index is 0.0247. The molecule has 1 aromatic rings. The average Bonchev–Trinajstić information content (AvgIpc) is 3.56. The molecule has 186 valence electrons. The van der Waals surface area contributed by atoms with Gasteiger partial charge in [-0.15, -0.1) is 0 Å². The van der Waals surface area contributed by atoms with E-state index in [1.54, 1.807) is 6.07 Å². The lowest BCUT2D eigenvalue weighted by atomic mass is 9.67. The second-order valence-corrected chi connectivity index (χ2v) is 11.4. The Labute approximate surface area is 202 Å². The van der Waals surface area contributed by atoms with E-state index in [1.807, 2.05) is 6.92 Å². The fourth-order valence-corrected chi connectivity index (χ4v) is 6.94. The molecular weight excluding hydrogens is 433 g/mol. The highest BCUT2D eigenvalue weighted by Gasteiger charge is 2.41. The zero-order valence-electron chi connectivity index (χ0n) is 20.3. The number of aliphatic carboxylic acids is 1. The predicted octanol–water partition coefficient (Wildman–Crippen LogP) is 6.01. The van der Waals surface area contributed by atoms with Crippen LogP contribution in [0.3, 0.4) is 0 Å². The van der Waals surface area contributed by atoms with Crippen molar-refractivity contribution >= 4 is 11.9 Å². The highest BCUT2D eigenvalue weighted by molar-refractivity contribution is 5.97. The number of halogens is 1. The van der Waals surface area contributed by atoms with Gasteiger partial charge in [0.15, 0.2) is 0 Å². The molecule has 1 amide bonds. The van der Waals surface area contributed by atoms with Crippen molar-refractivity contribution < 1.29 is 23.8 Å². The van der Waals surface area contributed by atoms with E-state index in [9.17, 15) is 14.7 Å².